The topological polar surface area (TPSA) is 50.7 Å². The highest BCUT2D eigenvalue weighted by Gasteiger charge is 2.15. The number of hydrogen-bond acceptors (Lipinski definition) is 4. The Bertz CT molecular complexity index is 876. The monoisotopic (exact) mass is 408 g/mol. The van der Waals surface area contributed by atoms with Crippen LogP contribution in [0.5, 0.6) is 0 Å². The zero-order valence-electron chi connectivity index (χ0n) is 14.5. The van der Waals surface area contributed by atoms with Gasteiger partial charge in [-0.25, -0.2) is 9.97 Å². The van der Waals surface area contributed by atoms with Crippen molar-refractivity contribution in [2.45, 2.75) is 38.1 Å². The zero-order chi connectivity index (χ0) is 17.8. The van der Waals surface area contributed by atoms with Crippen molar-refractivity contribution >= 4 is 21.7 Å². The Hall–Kier alpha value is -2.27. The molecule has 1 fully saturated rings. The maximum Gasteiger partial charge on any atom is 0.162 e. The van der Waals surface area contributed by atoms with Gasteiger partial charge < -0.3 is 5.32 Å². The molecule has 0 saturated heterocycles. The average Bonchev–Trinajstić information content (AvgIpc) is 2.69. The molecule has 1 aliphatic rings. The molecule has 1 aromatic carbocycles. The van der Waals surface area contributed by atoms with Crippen LogP contribution in [0.25, 0.3) is 22.6 Å². The second kappa shape index (κ2) is 7.96. The molecule has 26 heavy (non-hydrogen) atoms. The molecule has 2 aromatic heterocycles. The molecule has 5 heteroatoms. The normalized spacial score (nSPS) is 15.0. The summed E-state index contributed by atoms with van der Waals surface area (Å²) in [6, 6.07) is 14.7. The first-order valence-electron chi connectivity index (χ1n) is 9.10. The quantitative estimate of drug-likeness (QED) is 0.600. The fourth-order valence-corrected chi connectivity index (χ4v) is 3.76. The van der Waals surface area contributed by atoms with E-state index < -0.39 is 0 Å². The van der Waals surface area contributed by atoms with E-state index in [9.17, 15) is 0 Å². The number of rotatable bonds is 4. The molecule has 1 saturated carbocycles. The van der Waals surface area contributed by atoms with Crippen LogP contribution < -0.4 is 5.32 Å². The third kappa shape index (κ3) is 4.10. The maximum absolute atomic E-state index is 4.80. The van der Waals surface area contributed by atoms with Gasteiger partial charge in [0.15, 0.2) is 5.82 Å². The molecule has 0 bridgehead atoms. The van der Waals surface area contributed by atoms with Gasteiger partial charge in [0.05, 0.1) is 5.69 Å². The van der Waals surface area contributed by atoms with Gasteiger partial charge in [-0.3, -0.25) is 4.98 Å². The fraction of sp³-hybridized carbons (Fsp3) is 0.286. The van der Waals surface area contributed by atoms with Gasteiger partial charge in [0.2, 0.25) is 0 Å². The molecule has 0 spiro atoms. The number of nitrogens with one attached hydrogen (secondary N) is 1. The summed E-state index contributed by atoms with van der Waals surface area (Å²) in [5, 5.41) is 3.63. The molecule has 0 aliphatic heterocycles. The Morgan fingerprint density at radius 1 is 0.885 bits per heavy atom. The summed E-state index contributed by atoms with van der Waals surface area (Å²) >= 11 is 3.50. The number of nitrogens with zero attached hydrogens (tertiary/aromatic N) is 3. The summed E-state index contributed by atoms with van der Waals surface area (Å²) in [5.41, 5.74) is 2.88. The summed E-state index contributed by atoms with van der Waals surface area (Å²) in [5.74, 6) is 1.63. The lowest BCUT2D eigenvalue weighted by Crippen LogP contribution is -2.23. The third-order valence-corrected chi connectivity index (χ3v) is 5.15. The van der Waals surface area contributed by atoms with Gasteiger partial charge in [-0.1, -0.05) is 49.6 Å². The van der Waals surface area contributed by atoms with E-state index in [4.69, 9.17) is 9.97 Å². The van der Waals surface area contributed by atoms with Crippen molar-refractivity contribution in [3.05, 3.63) is 59.3 Å². The van der Waals surface area contributed by atoms with Gasteiger partial charge in [0.25, 0.3) is 0 Å². The van der Waals surface area contributed by atoms with Crippen molar-refractivity contribution < 1.29 is 0 Å². The molecular formula is C21H21BrN4. The van der Waals surface area contributed by atoms with Gasteiger partial charge in [0.1, 0.15) is 5.82 Å². The Morgan fingerprint density at radius 3 is 2.46 bits per heavy atom. The molecular weight excluding hydrogens is 388 g/mol. The lowest BCUT2D eigenvalue weighted by atomic mass is 9.95. The molecule has 2 heterocycles. The molecule has 4 nitrogen and oxygen atoms in total. The first kappa shape index (κ1) is 17.2. The third-order valence-electron chi connectivity index (χ3n) is 4.72. The molecule has 0 unspecified atom stereocenters. The van der Waals surface area contributed by atoms with Gasteiger partial charge in [-0.2, -0.15) is 0 Å². The predicted molar refractivity (Wildman–Crippen MR) is 109 cm³/mol. The van der Waals surface area contributed by atoms with E-state index in [1.54, 1.807) is 6.20 Å². The molecule has 4 rings (SSSR count). The van der Waals surface area contributed by atoms with Crippen LogP contribution in [0.1, 0.15) is 32.1 Å². The second-order valence-electron chi connectivity index (χ2n) is 6.70. The van der Waals surface area contributed by atoms with Crippen LogP contribution in [-0.4, -0.2) is 21.0 Å². The number of aromatic nitrogens is 3. The lowest BCUT2D eigenvalue weighted by Gasteiger charge is -2.23. The van der Waals surface area contributed by atoms with Gasteiger partial charge in [-0.05, 0) is 34.8 Å². The van der Waals surface area contributed by atoms with E-state index in [1.165, 1.54) is 32.1 Å². The van der Waals surface area contributed by atoms with Gasteiger partial charge in [-0.15, -0.1) is 0 Å². The Balaban J connectivity index is 1.74. The second-order valence-corrected chi connectivity index (χ2v) is 7.61. The van der Waals surface area contributed by atoms with Crippen molar-refractivity contribution in [2.75, 3.05) is 5.32 Å². The highest BCUT2D eigenvalue weighted by Crippen LogP contribution is 2.27. The van der Waals surface area contributed by atoms with Crippen molar-refractivity contribution in [3.63, 3.8) is 0 Å². The highest BCUT2D eigenvalue weighted by atomic mass is 79.9. The number of pyridine rings is 1. The molecule has 0 amide bonds. The smallest absolute Gasteiger partial charge is 0.162 e. The van der Waals surface area contributed by atoms with Crippen LogP contribution >= 0.6 is 15.9 Å². The summed E-state index contributed by atoms with van der Waals surface area (Å²) in [6.45, 7) is 0. The van der Waals surface area contributed by atoms with Crippen LogP contribution in [-0.2, 0) is 0 Å². The molecule has 1 N–H and O–H groups in total. The van der Waals surface area contributed by atoms with Crippen molar-refractivity contribution in [2.24, 2.45) is 0 Å². The molecule has 3 aromatic rings. The number of anilines is 1. The van der Waals surface area contributed by atoms with E-state index in [0.717, 1.165) is 32.9 Å². The van der Waals surface area contributed by atoms with E-state index in [1.807, 2.05) is 48.7 Å². The summed E-state index contributed by atoms with van der Waals surface area (Å²) in [7, 11) is 0. The van der Waals surface area contributed by atoms with Crippen LogP contribution in [0.2, 0.25) is 0 Å². The minimum Gasteiger partial charge on any atom is -0.367 e. The molecule has 0 radical (unpaired) electrons. The number of halogens is 1. The van der Waals surface area contributed by atoms with Crippen LogP contribution in [0, 0.1) is 0 Å². The summed E-state index contributed by atoms with van der Waals surface area (Å²) in [6.07, 6.45) is 9.95. The Labute approximate surface area is 162 Å². The van der Waals surface area contributed by atoms with Crippen molar-refractivity contribution in [3.8, 4) is 22.6 Å². The fourth-order valence-electron chi connectivity index (χ4n) is 3.39. The average molecular weight is 409 g/mol. The highest BCUT2D eigenvalue weighted by molar-refractivity contribution is 9.10. The minimum absolute atomic E-state index is 0.496. The maximum atomic E-state index is 4.80. The van der Waals surface area contributed by atoms with Gasteiger partial charge in [0, 0.05) is 40.1 Å². The number of hydrogen-bond donors (Lipinski definition) is 1. The minimum atomic E-state index is 0.496. The standard InChI is InChI=1S/C21H21BrN4/c22-17-11-16(13-23-14-17)19-12-20(24-18-9-5-2-6-10-18)26-21(25-19)15-7-3-1-4-8-15/h1,3-4,7-8,11-14,18H,2,5-6,9-10H2,(H,24,25,26). The SMILES string of the molecule is Brc1cncc(-c2cc(NC3CCCCC3)nc(-c3ccccc3)n2)c1. The largest absolute Gasteiger partial charge is 0.367 e. The molecule has 1 aliphatic carbocycles. The number of benzene rings is 1. The van der Waals surface area contributed by atoms with Crippen molar-refractivity contribution in [1.82, 2.24) is 15.0 Å². The van der Waals surface area contributed by atoms with Gasteiger partial charge >= 0.3 is 0 Å². The van der Waals surface area contributed by atoms with Crippen LogP contribution in [0.15, 0.2) is 59.3 Å². The van der Waals surface area contributed by atoms with E-state index >= 15 is 0 Å². The lowest BCUT2D eigenvalue weighted by molar-refractivity contribution is 0.462. The summed E-state index contributed by atoms with van der Waals surface area (Å²) in [4.78, 5) is 13.9. The first-order chi connectivity index (χ1) is 12.8. The zero-order valence-corrected chi connectivity index (χ0v) is 16.1. The van der Waals surface area contributed by atoms with E-state index in [-0.39, 0.29) is 0 Å². The van der Waals surface area contributed by atoms with Crippen molar-refractivity contribution in [1.29, 1.82) is 0 Å². The van der Waals surface area contributed by atoms with Crippen LogP contribution in [0.3, 0.4) is 0 Å². The Morgan fingerprint density at radius 2 is 1.69 bits per heavy atom. The predicted octanol–water partition coefficient (Wildman–Crippen LogP) is 5.71. The molecule has 132 valence electrons. The Kier molecular flexibility index (Phi) is 5.25. The molecule has 0 atom stereocenters. The van der Waals surface area contributed by atoms with E-state index in [2.05, 4.69) is 26.2 Å². The summed E-state index contributed by atoms with van der Waals surface area (Å²) < 4.78 is 0.941. The first-order valence-corrected chi connectivity index (χ1v) is 9.89. The van der Waals surface area contributed by atoms with E-state index in [0.29, 0.717) is 6.04 Å². The van der Waals surface area contributed by atoms with Crippen LogP contribution in [0.4, 0.5) is 5.82 Å².